The summed E-state index contributed by atoms with van der Waals surface area (Å²) >= 11 is 0. The fraction of sp³-hybridized carbons (Fsp3) is 0.316. The summed E-state index contributed by atoms with van der Waals surface area (Å²) in [6, 6.07) is 10.7. The largest absolute Gasteiger partial charge is 0.493 e. The van der Waals surface area contributed by atoms with Gasteiger partial charge in [-0.3, -0.25) is 4.99 Å². The predicted octanol–water partition coefficient (Wildman–Crippen LogP) is 3.73. The molecule has 2 aromatic rings. The first kappa shape index (κ1) is 18.6. The van der Waals surface area contributed by atoms with Crippen molar-refractivity contribution in [1.82, 2.24) is 5.32 Å². The zero-order valence-electron chi connectivity index (χ0n) is 15.0. The molecule has 0 radical (unpaired) electrons. The van der Waals surface area contributed by atoms with E-state index in [2.05, 4.69) is 15.6 Å². The van der Waals surface area contributed by atoms with Crippen molar-refractivity contribution in [3.8, 4) is 11.5 Å². The third kappa shape index (κ3) is 5.11. The number of nitrogens with one attached hydrogen (secondary N) is 2. The third-order valence-electron chi connectivity index (χ3n) is 3.65. The minimum atomic E-state index is -0.210. The van der Waals surface area contributed by atoms with Crippen LogP contribution in [-0.4, -0.2) is 26.7 Å². The molecule has 0 aliphatic rings. The zero-order valence-corrected chi connectivity index (χ0v) is 15.0. The maximum atomic E-state index is 13.6. The Kier molecular flexibility index (Phi) is 6.62. The van der Waals surface area contributed by atoms with Gasteiger partial charge >= 0.3 is 0 Å². The second kappa shape index (κ2) is 8.92. The van der Waals surface area contributed by atoms with E-state index in [4.69, 9.17) is 9.47 Å². The van der Waals surface area contributed by atoms with Gasteiger partial charge in [-0.1, -0.05) is 12.1 Å². The van der Waals surface area contributed by atoms with Gasteiger partial charge < -0.3 is 20.1 Å². The van der Waals surface area contributed by atoms with E-state index in [0.29, 0.717) is 36.2 Å². The van der Waals surface area contributed by atoms with Crippen molar-refractivity contribution in [2.45, 2.75) is 20.4 Å². The monoisotopic (exact) mass is 345 g/mol. The molecule has 0 atom stereocenters. The number of hydrogen-bond donors (Lipinski definition) is 2. The number of aryl methyl sites for hydroxylation is 1. The average molecular weight is 345 g/mol. The van der Waals surface area contributed by atoms with Gasteiger partial charge in [0.15, 0.2) is 17.5 Å². The standard InChI is InChI=1S/C19H24FN3O2/c1-5-25-17-9-8-15(11-18(17)24-4)23-19(21-3)22-12-14-7-6-13(2)16(20)10-14/h6-11H,5,12H2,1-4H3,(H2,21,22,23). The number of aliphatic imine (C=N–C) groups is 1. The number of methoxy groups -OCH3 is 1. The number of benzene rings is 2. The van der Waals surface area contributed by atoms with Crippen LogP contribution < -0.4 is 20.1 Å². The van der Waals surface area contributed by atoms with Crippen LogP contribution in [0.5, 0.6) is 11.5 Å². The van der Waals surface area contributed by atoms with E-state index in [1.807, 2.05) is 31.2 Å². The van der Waals surface area contributed by atoms with Crippen molar-refractivity contribution < 1.29 is 13.9 Å². The fourth-order valence-corrected chi connectivity index (χ4v) is 2.27. The van der Waals surface area contributed by atoms with Gasteiger partial charge in [0.1, 0.15) is 5.82 Å². The number of halogens is 1. The second-order valence-electron chi connectivity index (χ2n) is 5.43. The zero-order chi connectivity index (χ0) is 18.2. The lowest BCUT2D eigenvalue weighted by atomic mass is 10.1. The lowest BCUT2D eigenvalue weighted by molar-refractivity contribution is 0.311. The van der Waals surface area contributed by atoms with Crippen molar-refractivity contribution >= 4 is 11.6 Å². The van der Waals surface area contributed by atoms with Crippen molar-refractivity contribution in [2.24, 2.45) is 4.99 Å². The maximum Gasteiger partial charge on any atom is 0.195 e. The number of rotatable bonds is 6. The number of hydrogen-bond acceptors (Lipinski definition) is 3. The molecular weight excluding hydrogens is 321 g/mol. The molecule has 2 N–H and O–H groups in total. The normalized spacial score (nSPS) is 11.2. The minimum Gasteiger partial charge on any atom is -0.493 e. The van der Waals surface area contributed by atoms with E-state index in [1.165, 1.54) is 6.07 Å². The summed E-state index contributed by atoms with van der Waals surface area (Å²) < 4.78 is 24.5. The predicted molar refractivity (Wildman–Crippen MR) is 99.1 cm³/mol. The second-order valence-corrected chi connectivity index (χ2v) is 5.43. The maximum absolute atomic E-state index is 13.6. The van der Waals surface area contributed by atoms with Gasteiger partial charge in [-0.05, 0) is 43.2 Å². The molecule has 0 aromatic heterocycles. The van der Waals surface area contributed by atoms with Crippen molar-refractivity contribution in [3.05, 3.63) is 53.3 Å². The molecule has 0 bridgehead atoms. The Morgan fingerprint density at radius 1 is 1.16 bits per heavy atom. The van der Waals surface area contributed by atoms with E-state index >= 15 is 0 Å². The van der Waals surface area contributed by atoms with Crippen molar-refractivity contribution in [1.29, 1.82) is 0 Å². The molecule has 134 valence electrons. The van der Waals surface area contributed by atoms with E-state index in [9.17, 15) is 4.39 Å². The number of ether oxygens (including phenoxy) is 2. The summed E-state index contributed by atoms with van der Waals surface area (Å²) in [5.74, 6) is 1.70. The van der Waals surface area contributed by atoms with Gasteiger partial charge in [0, 0.05) is 25.3 Å². The highest BCUT2D eigenvalue weighted by Crippen LogP contribution is 2.30. The molecule has 0 unspecified atom stereocenters. The molecule has 5 nitrogen and oxygen atoms in total. The van der Waals surface area contributed by atoms with Crippen LogP contribution in [0.1, 0.15) is 18.1 Å². The Morgan fingerprint density at radius 2 is 1.96 bits per heavy atom. The summed E-state index contributed by atoms with van der Waals surface area (Å²) in [5, 5.41) is 6.34. The Labute approximate surface area is 147 Å². The Balaban J connectivity index is 2.03. The van der Waals surface area contributed by atoms with Gasteiger partial charge in [0.05, 0.1) is 13.7 Å². The summed E-state index contributed by atoms with van der Waals surface area (Å²) in [6.07, 6.45) is 0. The SMILES string of the molecule is CCOc1ccc(NC(=NC)NCc2ccc(C)c(F)c2)cc1OC. The molecule has 0 amide bonds. The van der Waals surface area contributed by atoms with Crippen LogP contribution in [0.3, 0.4) is 0 Å². The molecule has 0 saturated heterocycles. The van der Waals surface area contributed by atoms with Crippen LogP contribution in [0.15, 0.2) is 41.4 Å². The van der Waals surface area contributed by atoms with Crippen LogP contribution in [0.4, 0.5) is 10.1 Å². The molecule has 2 rings (SSSR count). The Bertz CT molecular complexity index is 747. The summed E-state index contributed by atoms with van der Waals surface area (Å²) in [5.41, 5.74) is 2.28. The molecule has 0 heterocycles. The topological polar surface area (TPSA) is 54.9 Å². The van der Waals surface area contributed by atoms with Gasteiger partial charge in [0.2, 0.25) is 0 Å². The van der Waals surface area contributed by atoms with Crippen LogP contribution >= 0.6 is 0 Å². The number of anilines is 1. The molecular formula is C19H24FN3O2. The highest BCUT2D eigenvalue weighted by molar-refractivity contribution is 5.93. The smallest absolute Gasteiger partial charge is 0.195 e. The molecule has 25 heavy (non-hydrogen) atoms. The summed E-state index contributed by atoms with van der Waals surface area (Å²) in [4.78, 5) is 4.18. The van der Waals surface area contributed by atoms with E-state index in [1.54, 1.807) is 27.1 Å². The first-order valence-electron chi connectivity index (χ1n) is 8.11. The van der Waals surface area contributed by atoms with Crippen LogP contribution in [-0.2, 0) is 6.54 Å². The lowest BCUT2D eigenvalue weighted by Crippen LogP contribution is -2.30. The highest BCUT2D eigenvalue weighted by atomic mass is 19.1. The third-order valence-corrected chi connectivity index (χ3v) is 3.65. The minimum absolute atomic E-state index is 0.210. The van der Waals surface area contributed by atoms with E-state index in [0.717, 1.165) is 11.3 Å². The first-order valence-corrected chi connectivity index (χ1v) is 8.11. The van der Waals surface area contributed by atoms with Gasteiger partial charge in [-0.25, -0.2) is 4.39 Å². The first-order chi connectivity index (χ1) is 12.1. The molecule has 0 fully saturated rings. The Morgan fingerprint density at radius 3 is 2.60 bits per heavy atom. The van der Waals surface area contributed by atoms with Gasteiger partial charge in [0.25, 0.3) is 0 Å². The van der Waals surface area contributed by atoms with Gasteiger partial charge in [-0.2, -0.15) is 0 Å². The fourth-order valence-electron chi connectivity index (χ4n) is 2.27. The van der Waals surface area contributed by atoms with E-state index < -0.39 is 0 Å². The van der Waals surface area contributed by atoms with Crippen LogP contribution in [0, 0.1) is 12.7 Å². The Hall–Kier alpha value is -2.76. The van der Waals surface area contributed by atoms with Crippen LogP contribution in [0.25, 0.3) is 0 Å². The molecule has 0 spiro atoms. The molecule has 0 aliphatic carbocycles. The lowest BCUT2D eigenvalue weighted by Gasteiger charge is -2.15. The van der Waals surface area contributed by atoms with Crippen molar-refractivity contribution in [3.63, 3.8) is 0 Å². The molecule has 0 saturated carbocycles. The van der Waals surface area contributed by atoms with Crippen molar-refractivity contribution in [2.75, 3.05) is 26.1 Å². The van der Waals surface area contributed by atoms with Crippen LogP contribution in [0.2, 0.25) is 0 Å². The summed E-state index contributed by atoms with van der Waals surface area (Å²) in [7, 11) is 3.28. The average Bonchev–Trinajstić information content (AvgIpc) is 2.62. The quantitative estimate of drug-likeness (QED) is 0.619. The highest BCUT2D eigenvalue weighted by Gasteiger charge is 2.07. The molecule has 6 heteroatoms. The van der Waals surface area contributed by atoms with E-state index in [-0.39, 0.29) is 5.82 Å². The van der Waals surface area contributed by atoms with Gasteiger partial charge in [-0.15, -0.1) is 0 Å². The number of nitrogens with zero attached hydrogens (tertiary/aromatic N) is 1. The molecule has 0 aliphatic heterocycles. The summed E-state index contributed by atoms with van der Waals surface area (Å²) in [6.45, 7) is 4.70. The molecule has 2 aromatic carbocycles. The number of guanidine groups is 1.